The van der Waals surface area contributed by atoms with E-state index in [9.17, 15) is 33.9 Å². The number of H-pyrrole nitrogens is 1. The van der Waals surface area contributed by atoms with Crippen LogP contribution in [-0.4, -0.2) is 94.4 Å². The molecule has 6 atom stereocenters. The Morgan fingerprint density at radius 2 is 1.21 bits per heavy atom. The van der Waals surface area contributed by atoms with Gasteiger partial charge < -0.3 is 53.9 Å². The monoisotopic (exact) mass is 907 g/mol. The summed E-state index contributed by atoms with van der Waals surface area (Å²) in [7, 11) is 0. The molecule has 354 valence electrons. The summed E-state index contributed by atoms with van der Waals surface area (Å²) in [4.78, 5) is 90.3. The highest BCUT2D eigenvalue weighted by Gasteiger charge is 2.35. The van der Waals surface area contributed by atoms with E-state index in [0.717, 1.165) is 59.7 Å². The molecular weight excluding hydrogens is 841 g/mol. The fourth-order valence-corrected chi connectivity index (χ4v) is 8.37. The number of hydrogen-bond acceptors (Lipinski definition) is 8. The second-order valence-electron chi connectivity index (χ2n) is 17.6. The topological polar surface area (TPSA) is 289 Å². The van der Waals surface area contributed by atoms with E-state index in [-0.39, 0.29) is 56.9 Å². The van der Waals surface area contributed by atoms with Crippen molar-refractivity contribution in [1.29, 1.82) is 0 Å². The molecule has 1 saturated carbocycles. The predicted molar refractivity (Wildman–Crippen MR) is 254 cm³/mol. The van der Waals surface area contributed by atoms with E-state index in [4.69, 9.17) is 17.2 Å². The highest BCUT2D eigenvalue weighted by molar-refractivity contribution is 5.97. The minimum atomic E-state index is -1.27. The van der Waals surface area contributed by atoms with Crippen LogP contribution >= 0.6 is 0 Å². The van der Waals surface area contributed by atoms with Gasteiger partial charge in [0.05, 0.1) is 6.04 Å². The number of rotatable bonds is 24. The molecule has 0 aliphatic heterocycles. The molecule has 0 unspecified atom stereocenters. The first kappa shape index (κ1) is 50.3. The molecule has 1 aliphatic carbocycles. The van der Waals surface area contributed by atoms with Crippen molar-refractivity contribution in [3.05, 3.63) is 108 Å². The van der Waals surface area contributed by atoms with Gasteiger partial charge in [0, 0.05) is 36.5 Å². The number of benzene rings is 3. The van der Waals surface area contributed by atoms with Gasteiger partial charge in [-0.25, -0.2) is 4.79 Å². The lowest BCUT2D eigenvalue weighted by molar-refractivity contribution is -0.143. The van der Waals surface area contributed by atoms with Gasteiger partial charge in [-0.3, -0.25) is 29.0 Å². The van der Waals surface area contributed by atoms with Gasteiger partial charge in [-0.1, -0.05) is 125 Å². The Labute approximate surface area is 385 Å². The average Bonchev–Trinajstić information content (AvgIpc) is 3.71. The van der Waals surface area contributed by atoms with Gasteiger partial charge in [-0.05, 0) is 60.3 Å². The number of hydrogen-bond donors (Lipinski definition) is 10. The maximum absolute atomic E-state index is 14.8. The number of fused-ring (bicyclic) bond motifs is 1. The molecule has 0 radical (unpaired) electrons. The van der Waals surface area contributed by atoms with E-state index < -0.39 is 77.7 Å². The van der Waals surface area contributed by atoms with Gasteiger partial charge in [0.2, 0.25) is 29.5 Å². The molecule has 1 aliphatic rings. The van der Waals surface area contributed by atoms with Crippen molar-refractivity contribution in [2.24, 2.45) is 34.0 Å². The Balaban J connectivity index is 1.40. The van der Waals surface area contributed by atoms with E-state index in [1.54, 1.807) is 20.0 Å². The Kier molecular flexibility index (Phi) is 19.1. The Morgan fingerprint density at radius 1 is 0.667 bits per heavy atom. The predicted octanol–water partition coefficient (Wildman–Crippen LogP) is 2.71. The first-order valence-electron chi connectivity index (χ1n) is 22.9. The molecule has 3 aromatic carbocycles. The number of guanidine groups is 1. The van der Waals surface area contributed by atoms with Crippen LogP contribution in [0.5, 0.6) is 0 Å². The average molecular weight is 907 g/mol. The van der Waals surface area contributed by atoms with Crippen LogP contribution in [0.3, 0.4) is 0 Å². The van der Waals surface area contributed by atoms with Gasteiger partial charge in [0.25, 0.3) is 0 Å². The van der Waals surface area contributed by atoms with Gasteiger partial charge in [0.15, 0.2) is 5.96 Å². The van der Waals surface area contributed by atoms with Crippen LogP contribution in [-0.2, 0) is 48.0 Å². The van der Waals surface area contributed by atoms with Crippen molar-refractivity contribution < 1.29 is 33.9 Å². The zero-order valence-corrected chi connectivity index (χ0v) is 37.8. The fourth-order valence-electron chi connectivity index (χ4n) is 8.37. The SMILES string of the molecule is CC(C)[C@@H](NC(=O)[C@H](CC1CCCCC1)NC(=O)[C@H](Cc1c[nH]c2ccccc12)NC(=O)[C@H](Cc1ccccc1)NC(=O)[C@@H](N)Cc1ccccc1)C(=O)N[C@@H](CCCN=C(N)N)C(=O)O. The molecule has 1 aromatic heterocycles. The van der Waals surface area contributed by atoms with Crippen molar-refractivity contribution in [3.63, 3.8) is 0 Å². The highest BCUT2D eigenvalue weighted by atomic mass is 16.4. The van der Waals surface area contributed by atoms with E-state index in [1.165, 1.54) is 0 Å². The fraction of sp³-hybridized carbons (Fsp3) is 0.449. The maximum Gasteiger partial charge on any atom is 0.326 e. The van der Waals surface area contributed by atoms with Crippen molar-refractivity contribution in [2.75, 3.05) is 6.54 Å². The molecule has 1 fully saturated rings. The number of para-hydroxylation sites is 1. The van der Waals surface area contributed by atoms with Crippen LogP contribution in [0.2, 0.25) is 0 Å². The van der Waals surface area contributed by atoms with Crippen molar-refractivity contribution in [2.45, 2.75) is 121 Å². The number of aromatic nitrogens is 1. The number of nitrogens with zero attached hydrogens (tertiary/aromatic N) is 1. The summed E-state index contributed by atoms with van der Waals surface area (Å²) >= 11 is 0. The summed E-state index contributed by atoms with van der Waals surface area (Å²) in [5.74, 6) is -4.91. The number of carboxylic acids is 1. The third-order valence-electron chi connectivity index (χ3n) is 12.0. The smallest absolute Gasteiger partial charge is 0.326 e. The van der Waals surface area contributed by atoms with E-state index in [2.05, 4.69) is 36.6 Å². The summed E-state index contributed by atoms with van der Waals surface area (Å²) in [6, 6.07) is 19.1. The third kappa shape index (κ3) is 15.5. The molecule has 5 rings (SSSR count). The summed E-state index contributed by atoms with van der Waals surface area (Å²) in [5, 5.41) is 24.8. The molecule has 0 saturated heterocycles. The lowest BCUT2D eigenvalue weighted by Crippen LogP contribution is -2.60. The zero-order chi connectivity index (χ0) is 47.6. The van der Waals surface area contributed by atoms with Gasteiger partial charge in [-0.15, -0.1) is 0 Å². The van der Waals surface area contributed by atoms with Crippen molar-refractivity contribution in [3.8, 4) is 0 Å². The molecule has 17 nitrogen and oxygen atoms in total. The first-order valence-corrected chi connectivity index (χ1v) is 22.9. The maximum atomic E-state index is 14.8. The second-order valence-corrected chi connectivity index (χ2v) is 17.6. The summed E-state index contributed by atoms with van der Waals surface area (Å²) < 4.78 is 0. The molecule has 5 amide bonds. The minimum absolute atomic E-state index is 0.0235. The Morgan fingerprint density at radius 3 is 1.83 bits per heavy atom. The summed E-state index contributed by atoms with van der Waals surface area (Å²) in [5.41, 5.74) is 20.3. The lowest BCUT2D eigenvalue weighted by atomic mass is 9.84. The summed E-state index contributed by atoms with van der Waals surface area (Å²) in [6.45, 7) is 3.61. The second kappa shape index (κ2) is 25.1. The molecule has 66 heavy (non-hydrogen) atoms. The largest absolute Gasteiger partial charge is 0.480 e. The van der Waals surface area contributed by atoms with Crippen LogP contribution in [0.1, 0.15) is 81.9 Å². The molecule has 4 aromatic rings. The van der Waals surface area contributed by atoms with Gasteiger partial charge in [-0.2, -0.15) is 0 Å². The number of aliphatic carboxylic acids is 1. The van der Waals surface area contributed by atoms with Crippen LogP contribution in [0.15, 0.2) is 96.1 Å². The Bertz CT molecular complexity index is 2260. The molecule has 17 heteroatoms. The van der Waals surface area contributed by atoms with Gasteiger partial charge in [0.1, 0.15) is 30.2 Å². The number of nitrogens with two attached hydrogens (primary N) is 3. The number of aliphatic imine (C=N–C) groups is 1. The van der Waals surface area contributed by atoms with Crippen LogP contribution < -0.4 is 43.8 Å². The number of nitrogens with one attached hydrogen (secondary N) is 6. The van der Waals surface area contributed by atoms with Crippen LogP contribution in [0.25, 0.3) is 10.9 Å². The zero-order valence-electron chi connectivity index (χ0n) is 37.8. The van der Waals surface area contributed by atoms with Crippen molar-refractivity contribution >= 4 is 52.4 Å². The number of carbonyl (C=O) groups excluding carboxylic acids is 5. The standard InChI is InChI=1S/C49H66N10O7/c1-30(2)42(47(64)55-38(48(65)66)23-14-24-53-49(51)52)59-46(63)40(27-33-19-10-5-11-20-33)57-45(62)41(28-34-29-54-37-22-13-12-21-35(34)37)58-44(61)39(26-32-17-8-4-9-18-32)56-43(60)36(50)25-31-15-6-3-7-16-31/h3-4,6-9,12-13,15-18,21-22,29-30,33,36,38-42,54H,5,10-11,14,19-20,23-28,50H2,1-2H3,(H,55,64)(H,56,60)(H,57,62)(H,58,61)(H,59,63)(H,65,66)(H4,51,52,53)/t36-,38-,39-,40-,41-,42+/m0/s1. The Hall–Kier alpha value is -6.75. The van der Waals surface area contributed by atoms with Crippen molar-refractivity contribution in [1.82, 2.24) is 31.6 Å². The third-order valence-corrected chi connectivity index (χ3v) is 12.0. The number of carboxylic acid groups (broad SMARTS) is 1. The normalized spacial score (nSPS) is 15.6. The van der Waals surface area contributed by atoms with E-state index in [1.807, 2.05) is 84.9 Å². The first-order chi connectivity index (χ1) is 31.7. The summed E-state index contributed by atoms with van der Waals surface area (Å²) in [6.07, 6.45) is 7.39. The molecule has 0 spiro atoms. The van der Waals surface area contributed by atoms with E-state index >= 15 is 0 Å². The van der Waals surface area contributed by atoms with Gasteiger partial charge >= 0.3 is 5.97 Å². The number of amides is 5. The van der Waals surface area contributed by atoms with Crippen LogP contribution in [0, 0.1) is 11.8 Å². The molecular formula is C49H66N10O7. The molecule has 1 heterocycles. The lowest BCUT2D eigenvalue weighted by Gasteiger charge is -2.31. The minimum Gasteiger partial charge on any atom is -0.480 e. The number of carbonyl (C=O) groups is 6. The molecule has 13 N–H and O–H groups in total. The number of aromatic amines is 1. The van der Waals surface area contributed by atoms with E-state index in [0.29, 0.717) is 0 Å². The quantitative estimate of drug-likeness (QED) is 0.0279. The highest BCUT2D eigenvalue weighted by Crippen LogP contribution is 2.28. The van der Waals surface area contributed by atoms with Crippen LogP contribution in [0.4, 0.5) is 0 Å². The molecule has 0 bridgehead atoms.